The van der Waals surface area contributed by atoms with Crippen molar-refractivity contribution in [2.24, 2.45) is 0 Å². The lowest BCUT2D eigenvalue weighted by Crippen LogP contribution is -1.95. The molecule has 0 saturated carbocycles. The minimum atomic E-state index is 1.11. The summed E-state index contributed by atoms with van der Waals surface area (Å²) >= 11 is 0. The molecule has 0 fully saturated rings. The highest BCUT2D eigenvalue weighted by Crippen LogP contribution is 2.33. The lowest BCUT2D eigenvalue weighted by molar-refractivity contribution is 0.819. The molecule has 0 saturated heterocycles. The molecule has 0 aliphatic carbocycles. The number of pyridine rings is 1. The molecule has 0 amide bonds. The zero-order valence-electron chi connectivity index (χ0n) is 11.1. The first-order chi connectivity index (χ1) is 9.93. The van der Waals surface area contributed by atoms with Gasteiger partial charge in [-0.2, -0.15) is 0 Å². The van der Waals surface area contributed by atoms with Gasteiger partial charge in [-0.05, 0) is 30.2 Å². The molecule has 0 bridgehead atoms. The predicted molar refractivity (Wildman–Crippen MR) is 82.2 cm³/mol. The fourth-order valence-corrected chi connectivity index (χ4v) is 3.65. The Bertz CT molecular complexity index is 979. The lowest BCUT2D eigenvalue weighted by Gasteiger charge is -2.11. The topological polar surface area (TPSA) is 17.3 Å². The summed E-state index contributed by atoms with van der Waals surface area (Å²) in [7, 11) is 0. The summed E-state index contributed by atoms with van der Waals surface area (Å²) in [5.74, 6) is 0. The number of benzene rings is 2. The van der Waals surface area contributed by atoms with E-state index in [0.29, 0.717) is 0 Å². The van der Waals surface area contributed by atoms with E-state index in [0.717, 1.165) is 18.5 Å². The van der Waals surface area contributed by atoms with Crippen molar-refractivity contribution in [2.75, 3.05) is 0 Å². The van der Waals surface area contributed by atoms with Crippen molar-refractivity contribution in [3.05, 3.63) is 59.9 Å². The molecule has 2 aromatic heterocycles. The van der Waals surface area contributed by atoms with Gasteiger partial charge in [0.2, 0.25) is 0 Å². The minimum Gasteiger partial charge on any atom is -0.296 e. The summed E-state index contributed by atoms with van der Waals surface area (Å²) in [5, 5.41) is 3.92. The standard InChI is InChI=1S/C18H14N2/c1-2-9-16-14(8-1)15-10-4-6-12-5-3-7-13-11-19-18(16)20(13)17(12)15/h1-2,4,6,8-11H,3,5,7H2. The van der Waals surface area contributed by atoms with Crippen molar-refractivity contribution in [3.63, 3.8) is 0 Å². The molecule has 0 unspecified atom stereocenters. The maximum atomic E-state index is 4.71. The van der Waals surface area contributed by atoms with Gasteiger partial charge in [0.05, 0.1) is 5.52 Å². The first-order valence-electron chi connectivity index (χ1n) is 7.22. The van der Waals surface area contributed by atoms with Crippen LogP contribution in [0.5, 0.6) is 0 Å². The molecule has 0 N–H and O–H groups in total. The molecule has 96 valence electrons. The molecule has 2 nitrogen and oxygen atoms in total. The Morgan fingerprint density at radius 2 is 1.70 bits per heavy atom. The second-order valence-electron chi connectivity index (χ2n) is 5.62. The van der Waals surface area contributed by atoms with Crippen molar-refractivity contribution in [1.82, 2.24) is 9.38 Å². The molecule has 4 aromatic rings. The van der Waals surface area contributed by atoms with E-state index < -0.39 is 0 Å². The van der Waals surface area contributed by atoms with Gasteiger partial charge in [-0.1, -0.05) is 42.5 Å². The molecule has 0 atom stereocenters. The smallest absolute Gasteiger partial charge is 0.145 e. The fraction of sp³-hybridized carbons (Fsp3) is 0.167. The van der Waals surface area contributed by atoms with Crippen LogP contribution in [-0.4, -0.2) is 9.38 Å². The first kappa shape index (κ1) is 10.4. The zero-order valence-corrected chi connectivity index (χ0v) is 11.1. The van der Waals surface area contributed by atoms with Gasteiger partial charge in [-0.25, -0.2) is 4.98 Å². The van der Waals surface area contributed by atoms with Crippen LogP contribution in [0.1, 0.15) is 17.7 Å². The van der Waals surface area contributed by atoms with Crippen LogP contribution in [0.3, 0.4) is 0 Å². The largest absolute Gasteiger partial charge is 0.296 e. The van der Waals surface area contributed by atoms with Crippen molar-refractivity contribution >= 4 is 27.3 Å². The minimum absolute atomic E-state index is 1.11. The molecule has 3 heterocycles. The van der Waals surface area contributed by atoms with Gasteiger partial charge in [-0.15, -0.1) is 0 Å². The quantitative estimate of drug-likeness (QED) is 0.433. The average Bonchev–Trinajstić information content (AvgIpc) is 2.83. The Morgan fingerprint density at radius 3 is 2.65 bits per heavy atom. The highest BCUT2D eigenvalue weighted by molar-refractivity contribution is 6.12. The maximum absolute atomic E-state index is 4.71. The van der Waals surface area contributed by atoms with Crippen LogP contribution in [0.15, 0.2) is 48.7 Å². The molecule has 0 spiro atoms. The highest BCUT2D eigenvalue weighted by Gasteiger charge is 2.17. The van der Waals surface area contributed by atoms with Crippen LogP contribution in [0.25, 0.3) is 27.3 Å². The number of hydrogen-bond donors (Lipinski definition) is 0. The number of hydrogen-bond acceptors (Lipinski definition) is 1. The van der Waals surface area contributed by atoms with E-state index >= 15 is 0 Å². The molecule has 5 rings (SSSR count). The number of nitrogens with zero attached hydrogens (tertiary/aromatic N) is 2. The van der Waals surface area contributed by atoms with E-state index in [-0.39, 0.29) is 0 Å². The predicted octanol–water partition coefficient (Wildman–Crippen LogP) is 4.13. The third kappa shape index (κ3) is 1.17. The highest BCUT2D eigenvalue weighted by atomic mass is 15.0. The van der Waals surface area contributed by atoms with Crippen LogP contribution < -0.4 is 0 Å². The van der Waals surface area contributed by atoms with Gasteiger partial charge in [-0.3, -0.25) is 4.40 Å². The van der Waals surface area contributed by atoms with Gasteiger partial charge in [0.25, 0.3) is 0 Å². The summed E-state index contributed by atoms with van der Waals surface area (Å²) in [4.78, 5) is 4.71. The van der Waals surface area contributed by atoms with Crippen molar-refractivity contribution in [3.8, 4) is 0 Å². The summed E-state index contributed by atoms with van der Waals surface area (Å²) in [5.41, 5.74) is 5.28. The van der Waals surface area contributed by atoms with E-state index in [1.807, 2.05) is 0 Å². The van der Waals surface area contributed by atoms with Gasteiger partial charge < -0.3 is 0 Å². The maximum Gasteiger partial charge on any atom is 0.145 e. The summed E-state index contributed by atoms with van der Waals surface area (Å²) in [6, 6.07) is 15.3. The van der Waals surface area contributed by atoms with Gasteiger partial charge in [0.15, 0.2) is 0 Å². The fourth-order valence-electron chi connectivity index (χ4n) is 3.65. The van der Waals surface area contributed by atoms with Crippen molar-refractivity contribution in [2.45, 2.75) is 19.3 Å². The zero-order chi connectivity index (χ0) is 13.1. The van der Waals surface area contributed by atoms with Crippen LogP contribution in [0.4, 0.5) is 0 Å². The second-order valence-corrected chi connectivity index (χ2v) is 5.62. The molecule has 2 aromatic carbocycles. The van der Waals surface area contributed by atoms with Crippen molar-refractivity contribution < 1.29 is 0 Å². The van der Waals surface area contributed by atoms with Gasteiger partial charge >= 0.3 is 0 Å². The molecule has 2 heteroatoms. The second kappa shape index (κ2) is 3.60. The molecule has 1 aliphatic rings. The molecule has 20 heavy (non-hydrogen) atoms. The number of para-hydroxylation sites is 1. The Labute approximate surface area is 116 Å². The number of aryl methyl sites for hydroxylation is 2. The summed E-state index contributed by atoms with van der Waals surface area (Å²) in [6.45, 7) is 0. The van der Waals surface area contributed by atoms with Crippen LogP contribution >= 0.6 is 0 Å². The average molecular weight is 258 g/mol. The number of fused-ring (bicyclic) bond motifs is 3. The molecule has 1 aliphatic heterocycles. The van der Waals surface area contributed by atoms with Crippen LogP contribution in [0.2, 0.25) is 0 Å². The van der Waals surface area contributed by atoms with E-state index in [4.69, 9.17) is 4.98 Å². The number of imidazole rings is 1. The van der Waals surface area contributed by atoms with E-state index in [1.165, 1.54) is 39.4 Å². The molecular formula is C18H14N2. The Morgan fingerprint density at radius 1 is 0.850 bits per heavy atom. The van der Waals surface area contributed by atoms with Crippen molar-refractivity contribution in [1.29, 1.82) is 0 Å². The van der Waals surface area contributed by atoms with Gasteiger partial charge in [0.1, 0.15) is 5.65 Å². The third-order valence-corrected chi connectivity index (χ3v) is 4.52. The number of aromatic nitrogens is 2. The molecule has 0 radical (unpaired) electrons. The number of rotatable bonds is 0. The monoisotopic (exact) mass is 258 g/mol. The Hall–Kier alpha value is -2.35. The van der Waals surface area contributed by atoms with E-state index in [1.54, 1.807) is 0 Å². The lowest BCUT2D eigenvalue weighted by atomic mass is 10.0. The van der Waals surface area contributed by atoms with E-state index in [2.05, 4.69) is 53.1 Å². The van der Waals surface area contributed by atoms with Gasteiger partial charge in [0, 0.05) is 22.7 Å². The van der Waals surface area contributed by atoms with Crippen LogP contribution in [-0.2, 0) is 12.8 Å². The molecular weight excluding hydrogens is 244 g/mol. The first-order valence-corrected chi connectivity index (χ1v) is 7.22. The summed E-state index contributed by atoms with van der Waals surface area (Å²) < 4.78 is 2.39. The Kier molecular flexibility index (Phi) is 1.88. The summed E-state index contributed by atoms with van der Waals surface area (Å²) in [6.07, 6.45) is 5.54. The van der Waals surface area contributed by atoms with Crippen LogP contribution in [0, 0.1) is 0 Å². The Balaban J connectivity index is 2.23. The normalized spacial score (nSPS) is 14.4. The van der Waals surface area contributed by atoms with E-state index in [9.17, 15) is 0 Å². The third-order valence-electron chi connectivity index (χ3n) is 4.52. The SMILES string of the molecule is c1ccc2c(c1)c1cccc3c1n1c(cnc21)CCC3.